The molecule has 208 valence electrons. The van der Waals surface area contributed by atoms with Gasteiger partial charge in [0.2, 0.25) is 22.1 Å². The third-order valence-electron chi connectivity index (χ3n) is 5.75. The zero-order valence-corrected chi connectivity index (χ0v) is 23.1. The number of carbonyl (C=O) groups is 2. The maximum atomic E-state index is 12.0. The molecule has 1 fully saturated rings. The van der Waals surface area contributed by atoms with Crippen molar-refractivity contribution in [1.29, 1.82) is 0 Å². The van der Waals surface area contributed by atoms with Crippen molar-refractivity contribution in [2.24, 2.45) is 0 Å². The molecule has 12 nitrogen and oxygen atoms in total. The first-order valence-electron chi connectivity index (χ1n) is 12.2. The highest BCUT2D eigenvalue weighted by atomic mass is 32.1. The Balaban J connectivity index is 0.000000282. The Kier molecular flexibility index (Phi) is 10.2. The molecular formula is C25H32N8O4S2. The fraction of sp³-hybridized carbons (Fsp3) is 0.360. The van der Waals surface area contributed by atoms with Crippen LogP contribution in [0, 0.1) is 0 Å². The van der Waals surface area contributed by atoms with Crippen molar-refractivity contribution in [2.45, 2.75) is 44.4 Å². The lowest BCUT2D eigenvalue weighted by Gasteiger charge is -2.03. The summed E-state index contributed by atoms with van der Waals surface area (Å²) in [5.74, 6) is 1.56. The number of ether oxygens (including phenoxy) is 2. The van der Waals surface area contributed by atoms with Gasteiger partial charge in [-0.1, -0.05) is 35.5 Å². The van der Waals surface area contributed by atoms with Crippen LogP contribution in [0.4, 0.5) is 10.3 Å². The van der Waals surface area contributed by atoms with E-state index >= 15 is 0 Å². The molecule has 0 radical (unpaired) electrons. The van der Waals surface area contributed by atoms with Gasteiger partial charge < -0.3 is 20.1 Å². The second-order valence-corrected chi connectivity index (χ2v) is 10.3. The molecule has 4 heterocycles. The van der Waals surface area contributed by atoms with Crippen molar-refractivity contribution in [3.05, 3.63) is 58.6 Å². The second-order valence-electron chi connectivity index (χ2n) is 8.50. The average Bonchev–Trinajstić information content (AvgIpc) is 3.74. The Morgan fingerprint density at radius 3 is 1.95 bits per heavy atom. The minimum Gasteiger partial charge on any atom is -0.495 e. The Hall–Kier alpha value is -4.04. The van der Waals surface area contributed by atoms with E-state index in [4.69, 9.17) is 9.47 Å². The maximum absolute atomic E-state index is 12.0. The molecule has 1 saturated carbocycles. The summed E-state index contributed by atoms with van der Waals surface area (Å²) in [6.45, 7) is 0. The lowest BCUT2D eigenvalue weighted by molar-refractivity contribution is -0.116. The van der Waals surface area contributed by atoms with Crippen LogP contribution in [0.15, 0.2) is 42.2 Å². The Morgan fingerprint density at radius 2 is 1.46 bits per heavy atom. The van der Waals surface area contributed by atoms with Gasteiger partial charge in [-0.05, 0) is 37.1 Å². The summed E-state index contributed by atoms with van der Waals surface area (Å²) in [4.78, 5) is 31.9. The first-order valence-corrected chi connectivity index (χ1v) is 13.9. The molecule has 0 aromatic carbocycles. The number of rotatable bonds is 9. The zero-order valence-electron chi connectivity index (χ0n) is 21.5. The predicted octanol–water partition coefficient (Wildman–Crippen LogP) is 4.40. The third-order valence-corrected chi connectivity index (χ3v) is 7.36. The highest BCUT2D eigenvalue weighted by Crippen LogP contribution is 2.36. The number of anilines is 2. The van der Waals surface area contributed by atoms with Crippen LogP contribution in [0.1, 0.15) is 50.8 Å². The van der Waals surface area contributed by atoms with Gasteiger partial charge in [0.15, 0.2) is 0 Å². The van der Waals surface area contributed by atoms with E-state index in [1.807, 2.05) is 0 Å². The fourth-order valence-electron chi connectivity index (χ4n) is 3.78. The van der Waals surface area contributed by atoms with E-state index < -0.39 is 0 Å². The topological polar surface area (TPSA) is 154 Å². The first-order chi connectivity index (χ1) is 19.0. The molecule has 0 saturated heterocycles. The number of hydrogen-bond donors (Lipinski definition) is 2. The van der Waals surface area contributed by atoms with Gasteiger partial charge in [0.25, 0.3) is 0 Å². The van der Waals surface area contributed by atoms with E-state index in [1.54, 1.807) is 56.4 Å². The van der Waals surface area contributed by atoms with Crippen LogP contribution >= 0.6 is 22.7 Å². The number of methoxy groups -OCH3 is 2. The molecule has 2 N–H and O–H groups in total. The van der Waals surface area contributed by atoms with Crippen LogP contribution in [-0.4, -0.2) is 56.4 Å². The Bertz CT molecular complexity index is 1340. The van der Waals surface area contributed by atoms with E-state index in [1.165, 1.54) is 48.4 Å². The van der Waals surface area contributed by atoms with Crippen molar-refractivity contribution in [3.63, 3.8) is 0 Å². The monoisotopic (exact) mass is 572 g/mol. The quantitative estimate of drug-likeness (QED) is 0.295. The predicted molar refractivity (Wildman–Crippen MR) is 152 cm³/mol. The van der Waals surface area contributed by atoms with Gasteiger partial charge in [-0.15, -0.1) is 20.4 Å². The van der Waals surface area contributed by atoms with Gasteiger partial charge >= 0.3 is 0 Å². The van der Waals surface area contributed by atoms with Gasteiger partial charge in [-0.3, -0.25) is 19.6 Å². The average molecular weight is 573 g/mol. The first kappa shape index (κ1) is 28.0. The number of aromatic nitrogens is 6. The SMILES string of the molecule is COc1ccc(CC(=O)Nc2nnc(C3CCCC3)s2)nc1.COc1ccc(CC(=O)Nc2nncs2)nc1.[HH].[HH]. The van der Waals surface area contributed by atoms with Crippen LogP contribution in [0.3, 0.4) is 0 Å². The van der Waals surface area contributed by atoms with E-state index in [-0.39, 0.29) is 27.5 Å². The minimum atomic E-state index is -0.167. The van der Waals surface area contributed by atoms with Crippen LogP contribution < -0.4 is 20.1 Å². The molecule has 2 amide bonds. The van der Waals surface area contributed by atoms with Gasteiger partial charge in [0.05, 0.1) is 39.5 Å². The van der Waals surface area contributed by atoms with E-state index in [2.05, 4.69) is 41.0 Å². The van der Waals surface area contributed by atoms with E-state index in [0.29, 0.717) is 39.1 Å². The zero-order chi connectivity index (χ0) is 27.5. The molecule has 0 spiro atoms. The van der Waals surface area contributed by atoms with Crippen molar-refractivity contribution in [3.8, 4) is 11.5 Å². The minimum absolute atomic E-state index is 0. The molecule has 0 unspecified atom stereocenters. The molecule has 4 aromatic heterocycles. The maximum Gasteiger partial charge on any atom is 0.232 e. The molecule has 0 atom stereocenters. The molecule has 4 aromatic rings. The highest BCUT2D eigenvalue weighted by Gasteiger charge is 2.21. The van der Waals surface area contributed by atoms with E-state index in [9.17, 15) is 9.59 Å². The lowest BCUT2D eigenvalue weighted by Crippen LogP contribution is -2.15. The summed E-state index contributed by atoms with van der Waals surface area (Å²) >= 11 is 2.75. The van der Waals surface area contributed by atoms with Crippen LogP contribution in [0.25, 0.3) is 0 Å². The second kappa shape index (κ2) is 14.2. The van der Waals surface area contributed by atoms with Crippen LogP contribution in [0.5, 0.6) is 11.5 Å². The molecule has 0 aliphatic heterocycles. The van der Waals surface area contributed by atoms with Gasteiger partial charge in [0, 0.05) is 20.2 Å². The summed E-state index contributed by atoms with van der Waals surface area (Å²) in [6, 6.07) is 7.08. The largest absolute Gasteiger partial charge is 0.495 e. The fourth-order valence-corrected chi connectivity index (χ4v) is 5.17. The van der Waals surface area contributed by atoms with Gasteiger partial charge in [0.1, 0.15) is 22.0 Å². The normalized spacial score (nSPS) is 12.8. The smallest absolute Gasteiger partial charge is 0.232 e. The summed E-state index contributed by atoms with van der Waals surface area (Å²) < 4.78 is 10.0. The molecular weight excluding hydrogens is 540 g/mol. The Morgan fingerprint density at radius 1 is 0.872 bits per heavy atom. The third kappa shape index (κ3) is 8.75. The van der Waals surface area contributed by atoms with Crippen LogP contribution in [0.2, 0.25) is 0 Å². The Labute approximate surface area is 236 Å². The molecule has 1 aliphatic carbocycles. The number of nitrogens with one attached hydrogen (secondary N) is 2. The van der Waals surface area contributed by atoms with Crippen LogP contribution in [-0.2, 0) is 22.4 Å². The number of pyridine rings is 2. The summed E-state index contributed by atoms with van der Waals surface area (Å²) in [5, 5.41) is 23.1. The number of carbonyl (C=O) groups excluding carboxylic acids is 2. The number of hydrogen-bond acceptors (Lipinski definition) is 12. The molecule has 39 heavy (non-hydrogen) atoms. The van der Waals surface area contributed by atoms with Crippen molar-refractivity contribution in [2.75, 3.05) is 24.9 Å². The van der Waals surface area contributed by atoms with E-state index in [0.717, 1.165) is 5.01 Å². The highest BCUT2D eigenvalue weighted by molar-refractivity contribution is 7.15. The summed E-state index contributed by atoms with van der Waals surface area (Å²) in [7, 11) is 3.15. The summed E-state index contributed by atoms with van der Waals surface area (Å²) in [6.07, 6.45) is 8.46. The molecule has 0 bridgehead atoms. The lowest BCUT2D eigenvalue weighted by atomic mass is 10.1. The molecule has 5 rings (SSSR count). The van der Waals surface area contributed by atoms with Gasteiger partial charge in [-0.2, -0.15) is 0 Å². The van der Waals surface area contributed by atoms with Crippen molar-refractivity contribution >= 4 is 44.8 Å². The summed E-state index contributed by atoms with van der Waals surface area (Å²) in [5.41, 5.74) is 2.92. The molecule has 14 heteroatoms. The van der Waals surface area contributed by atoms with Gasteiger partial charge in [-0.25, -0.2) is 0 Å². The van der Waals surface area contributed by atoms with Crippen molar-refractivity contribution in [1.82, 2.24) is 30.4 Å². The molecule has 1 aliphatic rings. The van der Waals surface area contributed by atoms with Crippen molar-refractivity contribution < 1.29 is 21.9 Å². The number of nitrogens with zero attached hydrogens (tertiary/aromatic N) is 6. The standard InChI is InChI=1S/C15H18N4O2S.C10H10N4O2S.2H2/c1-21-12-7-6-11(16-9-12)8-13(20)17-15-19-18-14(22-15)10-4-2-3-5-10;1-16-8-3-2-7(11-5-8)4-9(15)13-10-14-12-6-17-10;;/h6-7,9-10H,2-5,8H2,1H3,(H,17,19,20);2-3,5-6H,4H2,1H3,(H,13,14,15);2*1H. The number of amides is 2.